The Morgan fingerprint density at radius 2 is 2.00 bits per heavy atom. The van der Waals surface area contributed by atoms with Crippen LogP contribution in [0, 0.1) is 10.5 Å². The molecule has 3 rings (SSSR count). The zero-order chi connectivity index (χ0) is 21.0. The Balaban J connectivity index is 1.62. The second kappa shape index (κ2) is 9.39. The lowest BCUT2D eigenvalue weighted by Gasteiger charge is -2.09. The molecule has 0 spiro atoms. The maximum atomic E-state index is 12.2. The van der Waals surface area contributed by atoms with Crippen LogP contribution in [0.3, 0.4) is 0 Å². The Hall–Kier alpha value is -2.41. The number of anilines is 1. The minimum atomic E-state index is -2.89. The number of carbonyl (C=O) groups is 1. The molecule has 0 radical (unpaired) electrons. The molecule has 3 N–H and O–H groups in total. The van der Waals surface area contributed by atoms with E-state index in [4.69, 9.17) is 5.84 Å². The molecule has 0 aliphatic rings. The van der Waals surface area contributed by atoms with Crippen LogP contribution in [0.4, 0.5) is 14.5 Å². The number of aryl methyl sites for hydroxylation is 1. The first-order valence-corrected chi connectivity index (χ1v) is 10.3. The molecule has 0 saturated heterocycles. The SMILES string of the molecule is Cc1cc(I)ccc1NC(=O)CSc1nnc(-c2ccc(OC(F)F)cc2)n1N. The first-order chi connectivity index (χ1) is 13.8. The number of hydrogen-bond donors (Lipinski definition) is 2. The molecule has 2 aromatic carbocycles. The van der Waals surface area contributed by atoms with E-state index in [9.17, 15) is 13.6 Å². The molecule has 7 nitrogen and oxygen atoms in total. The molecule has 152 valence electrons. The fraction of sp³-hybridized carbons (Fsp3) is 0.167. The first-order valence-electron chi connectivity index (χ1n) is 8.28. The van der Waals surface area contributed by atoms with Gasteiger partial charge in [-0.25, -0.2) is 4.68 Å². The van der Waals surface area contributed by atoms with Crippen molar-refractivity contribution in [2.45, 2.75) is 18.7 Å². The van der Waals surface area contributed by atoms with Gasteiger partial charge in [0.2, 0.25) is 11.1 Å². The summed E-state index contributed by atoms with van der Waals surface area (Å²) in [5.74, 6) is 6.29. The van der Waals surface area contributed by atoms with E-state index < -0.39 is 6.61 Å². The van der Waals surface area contributed by atoms with Gasteiger partial charge in [0.1, 0.15) is 5.75 Å². The predicted molar refractivity (Wildman–Crippen MR) is 115 cm³/mol. The standard InChI is InChI=1S/C18H16F2IN5O2S/c1-10-8-12(21)4-7-14(10)23-15(27)9-29-18-25-24-16(26(18)22)11-2-5-13(6-3-11)28-17(19)20/h2-8,17H,9,22H2,1H3,(H,23,27). The number of benzene rings is 2. The topological polar surface area (TPSA) is 95.1 Å². The number of amides is 1. The molecule has 0 unspecified atom stereocenters. The van der Waals surface area contributed by atoms with Crippen molar-refractivity contribution in [3.63, 3.8) is 0 Å². The van der Waals surface area contributed by atoms with Crippen molar-refractivity contribution in [2.24, 2.45) is 0 Å². The summed E-state index contributed by atoms with van der Waals surface area (Å²) in [5.41, 5.74) is 2.29. The van der Waals surface area contributed by atoms with Gasteiger partial charge in [0, 0.05) is 14.8 Å². The Kier molecular flexibility index (Phi) is 6.90. The van der Waals surface area contributed by atoms with Gasteiger partial charge in [-0.05, 0) is 77.5 Å². The highest BCUT2D eigenvalue weighted by molar-refractivity contribution is 14.1. The first kappa shape index (κ1) is 21.3. The van der Waals surface area contributed by atoms with E-state index in [0.717, 1.165) is 26.6 Å². The van der Waals surface area contributed by atoms with Crippen molar-refractivity contribution >= 4 is 45.9 Å². The number of aromatic nitrogens is 3. The third-order valence-electron chi connectivity index (χ3n) is 3.80. The summed E-state index contributed by atoms with van der Waals surface area (Å²) in [6, 6.07) is 11.6. The lowest BCUT2D eigenvalue weighted by molar-refractivity contribution is -0.113. The maximum absolute atomic E-state index is 12.2. The van der Waals surface area contributed by atoms with Crippen LogP contribution in [-0.2, 0) is 4.79 Å². The van der Waals surface area contributed by atoms with Crippen LogP contribution in [0.5, 0.6) is 5.75 Å². The number of nitrogen functional groups attached to an aromatic ring is 1. The molecule has 1 heterocycles. The number of rotatable bonds is 7. The predicted octanol–water partition coefficient (Wildman–Crippen LogP) is 3.90. The lowest BCUT2D eigenvalue weighted by atomic mass is 10.2. The summed E-state index contributed by atoms with van der Waals surface area (Å²) < 4.78 is 31.1. The second-order valence-electron chi connectivity index (χ2n) is 5.88. The Morgan fingerprint density at radius 1 is 1.28 bits per heavy atom. The summed E-state index contributed by atoms with van der Waals surface area (Å²) in [6.45, 7) is -0.970. The number of nitrogens with one attached hydrogen (secondary N) is 1. The molecule has 11 heteroatoms. The summed E-state index contributed by atoms with van der Waals surface area (Å²) >= 11 is 3.35. The van der Waals surface area contributed by atoms with Crippen molar-refractivity contribution in [1.29, 1.82) is 0 Å². The van der Waals surface area contributed by atoms with Crippen LogP contribution in [0.2, 0.25) is 0 Å². The molecule has 0 fully saturated rings. The van der Waals surface area contributed by atoms with Crippen molar-refractivity contribution in [3.05, 3.63) is 51.6 Å². The highest BCUT2D eigenvalue weighted by atomic mass is 127. The number of carbonyl (C=O) groups excluding carboxylic acids is 1. The maximum Gasteiger partial charge on any atom is 0.387 e. The van der Waals surface area contributed by atoms with Gasteiger partial charge in [0.15, 0.2) is 5.82 Å². The number of hydrogen-bond acceptors (Lipinski definition) is 6. The van der Waals surface area contributed by atoms with Crippen LogP contribution < -0.4 is 15.9 Å². The molecule has 3 aromatic rings. The van der Waals surface area contributed by atoms with Gasteiger partial charge >= 0.3 is 6.61 Å². The van der Waals surface area contributed by atoms with E-state index in [-0.39, 0.29) is 17.4 Å². The third-order valence-corrected chi connectivity index (χ3v) is 5.41. The Labute approximate surface area is 183 Å². The summed E-state index contributed by atoms with van der Waals surface area (Å²) in [5, 5.41) is 11.2. The van der Waals surface area contributed by atoms with Crippen molar-refractivity contribution in [1.82, 2.24) is 14.9 Å². The van der Waals surface area contributed by atoms with Crippen LogP contribution in [0.15, 0.2) is 47.6 Å². The highest BCUT2D eigenvalue weighted by Crippen LogP contribution is 2.25. The average Bonchev–Trinajstić information content (AvgIpc) is 3.03. The number of ether oxygens (including phenoxy) is 1. The number of alkyl halides is 2. The van der Waals surface area contributed by atoms with Crippen LogP contribution >= 0.6 is 34.4 Å². The van der Waals surface area contributed by atoms with Gasteiger partial charge in [0.25, 0.3) is 0 Å². The molecule has 0 aliphatic heterocycles. The average molecular weight is 531 g/mol. The zero-order valence-electron chi connectivity index (χ0n) is 15.1. The summed E-state index contributed by atoms with van der Waals surface area (Å²) in [4.78, 5) is 12.2. The lowest BCUT2D eigenvalue weighted by Crippen LogP contribution is -2.17. The number of nitrogens with zero attached hydrogens (tertiary/aromatic N) is 3. The normalized spacial score (nSPS) is 10.9. The van der Waals surface area contributed by atoms with Crippen molar-refractivity contribution in [2.75, 3.05) is 16.9 Å². The van der Waals surface area contributed by atoms with Crippen LogP contribution in [0.25, 0.3) is 11.4 Å². The van der Waals surface area contributed by atoms with Gasteiger partial charge in [-0.2, -0.15) is 8.78 Å². The Morgan fingerprint density at radius 3 is 2.66 bits per heavy atom. The minimum Gasteiger partial charge on any atom is -0.435 e. The van der Waals surface area contributed by atoms with Crippen LogP contribution in [0.1, 0.15) is 5.56 Å². The quantitative estimate of drug-likeness (QED) is 0.273. The van der Waals surface area contributed by atoms with Crippen molar-refractivity contribution < 1.29 is 18.3 Å². The van der Waals surface area contributed by atoms with Crippen molar-refractivity contribution in [3.8, 4) is 17.1 Å². The Bertz CT molecular complexity index is 1010. The number of thioether (sulfide) groups is 1. The number of nitrogens with two attached hydrogens (primary N) is 1. The molecule has 0 saturated carbocycles. The van der Waals surface area contributed by atoms with Gasteiger partial charge in [-0.15, -0.1) is 10.2 Å². The minimum absolute atomic E-state index is 0.0315. The fourth-order valence-corrected chi connectivity index (χ4v) is 3.74. The smallest absolute Gasteiger partial charge is 0.387 e. The van der Waals surface area contributed by atoms with Gasteiger partial charge in [-0.3, -0.25) is 4.79 Å². The van der Waals surface area contributed by atoms with E-state index in [1.165, 1.54) is 16.8 Å². The highest BCUT2D eigenvalue weighted by Gasteiger charge is 2.15. The largest absolute Gasteiger partial charge is 0.435 e. The molecule has 1 aromatic heterocycles. The fourth-order valence-electron chi connectivity index (χ4n) is 2.44. The van der Waals surface area contributed by atoms with Gasteiger partial charge in [0.05, 0.1) is 5.75 Å². The summed E-state index contributed by atoms with van der Waals surface area (Å²) in [6.07, 6.45) is 0. The van der Waals surface area contributed by atoms with E-state index in [2.05, 4.69) is 42.8 Å². The molecule has 0 atom stereocenters. The third kappa shape index (κ3) is 5.56. The van der Waals surface area contributed by atoms with E-state index >= 15 is 0 Å². The van der Waals surface area contributed by atoms with Crippen LogP contribution in [-0.4, -0.2) is 33.1 Å². The molecular weight excluding hydrogens is 515 g/mol. The molecule has 1 amide bonds. The monoisotopic (exact) mass is 531 g/mol. The molecular formula is C18H16F2IN5O2S. The zero-order valence-corrected chi connectivity index (χ0v) is 18.1. The molecule has 0 aliphatic carbocycles. The van der Waals surface area contributed by atoms with E-state index in [1.807, 2.05) is 25.1 Å². The molecule has 0 bridgehead atoms. The van der Waals surface area contributed by atoms with Gasteiger partial charge < -0.3 is 15.9 Å². The van der Waals surface area contributed by atoms with E-state index in [0.29, 0.717) is 16.5 Å². The second-order valence-corrected chi connectivity index (χ2v) is 8.06. The molecule has 29 heavy (non-hydrogen) atoms. The van der Waals surface area contributed by atoms with E-state index in [1.54, 1.807) is 12.1 Å². The van der Waals surface area contributed by atoms with Gasteiger partial charge in [-0.1, -0.05) is 11.8 Å². The number of halogens is 3. The summed E-state index contributed by atoms with van der Waals surface area (Å²) in [7, 11) is 0.